The van der Waals surface area contributed by atoms with Gasteiger partial charge in [-0.1, -0.05) is 37.8 Å². The molecule has 1 heterocycles. The monoisotopic (exact) mass is 425 g/mol. The summed E-state index contributed by atoms with van der Waals surface area (Å²) >= 11 is 2.84. The third kappa shape index (κ3) is 7.33. The van der Waals surface area contributed by atoms with Crippen molar-refractivity contribution in [3.05, 3.63) is 23.2 Å². The molecular weight excluding hydrogens is 394 g/mol. The summed E-state index contributed by atoms with van der Waals surface area (Å²) in [5, 5.41) is 21.0. The number of aromatic carboxylic acids is 1. The van der Waals surface area contributed by atoms with Gasteiger partial charge in [0.25, 0.3) is 0 Å². The second kappa shape index (κ2) is 10.6. The van der Waals surface area contributed by atoms with Gasteiger partial charge in [-0.05, 0) is 50.9 Å². The summed E-state index contributed by atoms with van der Waals surface area (Å²) < 4.78 is 0.733. The molecule has 1 saturated carbocycles. The fourth-order valence-electron chi connectivity index (χ4n) is 3.43. The van der Waals surface area contributed by atoms with Crippen LogP contribution in [0, 0.1) is 17.8 Å². The highest BCUT2D eigenvalue weighted by molar-refractivity contribution is 8.01. The third-order valence-electron chi connectivity index (χ3n) is 5.21. The van der Waals surface area contributed by atoms with Crippen LogP contribution >= 0.6 is 23.1 Å². The number of allylic oxidation sites excluding steroid dienone is 1. The molecule has 3 atom stereocenters. The Morgan fingerprint density at radius 1 is 1.50 bits per heavy atom. The highest BCUT2D eigenvalue weighted by Crippen LogP contribution is 2.35. The van der Waals surface area contributed by atoms with E-state index in [0.29, 0.717) is 24.5 Å². The second-order valence-corrected chi connectivity index (χ2v) is 10.5. The van der Waals surface area contributed by atoms with Gasteiger partial charge in [-0.3, -0.25) is 4.79 Å². The van der Waals surface area contributed by atoms with Crippen LogP contribution in [-0.2, 0) is 4.79 Å². The number of ketones is 1. The number of carbonyl (C=O) groups excluding carboxylic acids is 1. The summed E-state index contributed by atoms with van der Waals surface area (Å²) in [4.78, 5) is 27.2. The van der Waals surface area contributed by atoms with Crippen LogP contribution in [0.4, 0.5) is 0 Å². The predicted molar refractivity (Wildman–Crippen MR) is 114 cm³/mol. The lowest BCUT2D eigenvalue weighted by Gasteiger charge is -2.23. The molecule has 0 amide bonds. The van der Waals surface area contributed by atoms with E-state index < -0.39 is 11.6 Å². The Morgan fingerprint density at radius 3 is 2.89 bits per heavy atom. The quantitative estimate of drug-likeness (QED) is 0.381. The lowest BCUT2D eigenvalue weighted by atomic mass is 9.89. The smallest absolute Gasteiger partial charge is 0.355 e. The second-order valence-electron chi connectivity index (χ2n) is 8.28. The number of carboxylic acids is 1. The van der Waals surface area contributed by atoms with Crippen LogP contribution in [0.2, 0.25) is 0 Å². The van der Waals surface area contributed by atoms with Gasteiger partial charge in [0.1, 0.15) is 5.78 Å². The first-order valence-electron chi connectivity index (χ1n) is 9.91. The molecule has 1 aromatic heterocycles. The van der Waals surface area contributed by atoms with E-state index in [-0.39, 0.29) is 17.5 Å². The summed E-state index contributed by atoms with van der Waals surface area (Å²) in [6.45, 7) is 6.20. The minimum Gasteiger partial charge on any atom is -0.476 e. The Labute approximate surface area is 175 Å². The summed E-state index contributed by atoms with van der Waals surface area (Å²) in [5.41, 5.74) is -0.615. The summed E-state index contributed by atoms with van der Waals surface area (Å²) in [6.07, 6.45) is 8.83. The maximum absolute atomic E-state index is 12.3. The first-order valence-corrected chi connectivity index (χ1v) is 11.8. The molecular formula is C21H31NO4S2. The van der Waals surface area contributed by atoms with Crippen LogP contribution in [0.15, 0.2) is 21.9 Å². The van der Waals surface area contributed by atoms with E-state index in [0.717, 1.165) is 35.8 Å². The fourth-order valence-corrected chi connectivity index (χ4v) is 5.33. The van der Waals surface area contributed by atoms with E-state index in [1.807, 2.05) is 13.0 Å². The Balaban J connectivity index is 1.82. The summed E-state index contributed by atoms with van der Waals surface area (Å²) in [5.74, 6) is 0.882. The van der Waals surface area contributed by atoms with E-state index >= 15 is 0 Å². The molecule has 156 valence electrons. The van der Waals surface area contributed by atoms with E-state index in [9.17, 15) is 14.7 Å². The van der Waals surface area contributed by atoms with Crippen molar-refractivity contribution < 1.29 is 19.8 Å². The SMILES string of the molecule is CC(C)CCC(C)(O)C/C=C/[C@@H]1CCC(=O)[C@@H]1CCSc1nc(C(=O)O)cs1. The van der Waals surface area contributed by atoms with Crippen LogP contribution in [0.1, 0.15) is 69.8 Å². The number of nitrogens with zero attached hydrogens (tertiary/aromatic N) is 1. The van der Waals surface area contributed by atoms with Crippen LogP contribution < -0.4 is 0 Å². The van der Waals surface area contributed by atoms with Crippen LogP contribution in [0.25, 0.3) is 0 Å². The predicted octanol–water partition coefficient (Wildman–Crippen LogP) is 5.05. The molecule has 0 aromatic carbocycles. The van der Waals surface area contributed by atoms with Crippen LogP contribution in [0.3, 0.4) is 0 Å². The van der Waals surface area contributed by atoms with Crippen molar-refractivity contribution in [3.63, 3.8) is 0 Å². The van der Waals surface area contributed by atoms with Gasteiger partial charge in [-0.15, -0.1) is 11.3 Å². The van der Waals surface area contributed by atoms with Crippen molar-refractivity contribution in [3.8, 4) is 0 Å². The molecule has 1 aliphatic rings. The zero-order valence-corrected chi connectivity index (χ0v) is 18.5. The number of hydrogen-bond donors (Lipinski definition) is 2. The first kappa shape index (κ1) is 23.1. The molecule has 5 nitrogen and oxygen atoms in total. The topological polar surface area (TPSA) is 87.5 Å². The Kier molecular flexibility index (Phi) is 8.71. The molecule has 2 rings (SSSR count). The maximum Gasteiger partial charge on any atom is 0.355 e. The fraction of sp³-hybridized carbons (Fsp3) is 0.667. The van der Waals surface area contributed by atoms with E-state index in [1.165, 1.54) is 23.1 Å². The summed E-state index contributed by atoms with van der Waals surface area (Å²) in [6, 6.07) is 0. The molecule has 7 heteroatoms. The molecule has 1 unspecified atom stereocenters. The highest BCUT2D eigenvalue weighted by Gasteiger charge is 2.32. The van der Waals surface area contributed by atoms with Gasteiger partial charge in [0.15, 0.2) is 10.0 Å². The largest absolute Gasteiger partial charge is 0.476 e. The molecule has 1 fully saturated rings. The number of Topliss-reactive ketones (excluding diaryl/α,β-unsaturated/α-hetero) is 1. The molecule has 0 saturated heterocycles. The Morgan fingerprint density at radius 2 is 2.25 bits per heavy atom. The Hall–Kier alpha value is -1.18. The number of carbonyl (C=O) groups is 2. The molecule has 2 N–H and O–H groups in total. The Bertz CT molecular complexity index is 696. The lowest BCUT2D eigenvalue weighted by molar-refractivity contribution is -0.121. The number of aliphatic hydroxyl groups is 1. The number of hydrogen-bond acceptors (Lipinski definition) is 6. The lowest BCUT2D eigenvalue weighted by Crippen LogP contribution is -2.23. The number of thioether (sulfide) groups is 1. The molecule has 1 aromatic rings. The normalized spacial score (nSPS) is 22.2. The average molecular weight is 426 g/mol. The third-order valence-corrected chi connectivity index (χ3v) is 7.27. The van der Waals surface area contributed by atoms with Crippen molar-refractivity contribution in [1.82, 2.24) is 4.98 Å². The van der Waals surface area contributed by atoms with E-state index in [2.05, 4.69) is 24.9 Å². The molecule has 28 heavy (non-hydrogen) atoms. The minimum atomic E-state index is -1.01. The van der Waals surface area contributed by atoms with Gasteiger partial charge in [-0.2, -0.15) is 0 Å². The van der Waals surface area contributed by atoms with Crippen molar-refractivity contribution in [1.29, 1.82) is 0 Å². The standard InChI is InChI=1S/C21H31NO4S2/c1-14(2)8-11-21(3,26)10-4-5-15-6-7-18(23)16(15)9-12-27-20-22-17(13-28-20)19(24)25/h4-5,13-16,26H,6-12H2,1-3H3,(H,24,25)/b5-4+/t15-,16-,21?/m1/s1. The number of aromatic nitrogens is 1. The maximum atomic E-state index is 12.3. The summed E-state index contributed by atoms with van der Waals surface area (Å²) in [7, 11) is 0. The van der Waals surface area contributed by atoms with Crippen LogP contribution in [0.5, 0.6) is 0 Å². The first-order chi connectivity index (χ1) is 13.2. The van der Waals surface area contributed by atoms with Gasteiger partial charge in [0.05, 0.1) is 5.60 Å². The van der Waals surface area contributed by atoms with Crippen LogP contribution in [-0.4, -0.2) is 38.3 Å². The van der Waals surface area contributed by atoms with Gasteiger partial charge >= 0.3 is 5.97 Å². The highest BCUT2D eigenvalue weighted by atomic mass is 32.2. The number of rotatable bonds is 11. The van der Waals surface area contributed by atoms with Crippen molar-refractivity contribution in [2.24, 2.45) is 17.8 Å². The van der Waals surface area contributed by atoms with Gasteiger partial charge in [0, 0.05) is 23.5 Å². The zero-order valence-electron chi connectivity index (χ0n) is 16.9. The van der Waals surface area contributed by atoms with Gasteiger partial charge < -0.3 is 10.2 Å². The molecule has 0 bridgehead atoms. The van der Waals surface area contributed by atoms with E-state index in [4.69, 9.17) is 5.11 Å². The molecule has 0 aliphatic heterocycles. The zero-order chi connectivity index (χ0) is 20.7. The minimum absolute atomic E-state index is 0.0169. The number of carboxylic acid groups (broad SMARTS) is 1. The number of thiazole rings is 1. The van der Waals surface area contributed by atoms with Crippen molar-refractivity contribution in [2.75, 3.05) is 5.75 Å². The molecule has 1 aliphatic carbocycles. The van der Waals surface area contributed by atoms with Crippen molar-refractivity contribution >= 4 is 34.9 Å². The molecule has 0 radical (unpaired) electrons. The van der Waals surface area contributed by atoms with Gasteiger partial charge in [-0.25, -0.2) is 9.78 Å². The molecule has 0 spiro atoms. The van der Waals surface area contributed by atoms with Crippen molar-refractivity contribution in [2.45, 2.75) is 69.2 Å². The average Bonchev–Trinajstić information content (AvgIpc) is 3.22. The van der Waals surface area contributed by atoms with E-state index in [1.54, 1.807) is 5.38 Å². The van der Waals surface area contributed by atoms with Gasteiger partial charge in [0.2, 0.25) is 0 Å².